The Balaban J connectivity index is 2.63. The number of hydrogen-bond donors (Lipinski definition) is 0. The first-order valence-corrected chi connectivity index (χ1v) is 9.02. The predicted octanol–water partition coefficient (Wildman–Crippen LogP) is 4.83. The van der Waals surface area contributed by atoms with Gasteiger partial charge in [-0.1, -0.05) is 35.3 Å². The van der Waals surface area contributed by atoms with Gasteiger partial charge in [0.05, 0.1) is 10.7 Å². The number of sulfonamides is 1. The molecule has 0 aromatic heterocycles. The maximum absolute atomic E-state index is 13.0. The molecule has 0 unspecified atom stereocenters. The zero-order chi connectivity index (χ0) is 16.5. The van der Waals surface area contributed by atoms with Crippen LogP contribution < -0.4 is 4.31 Å². The first-order chi connectivity index (χ1) is 10.3. The van der Waals surface area contributed by atoms with Crippen molar-refractivity contribution in [1.29, 1.82) is 0 Å². The van der Waals surface area contributed by atoms with E-state index in [1.165, 1.54) is 16.4 Å². The smallest absolute Gasteiger partial charge is 0.265 e. The summed E-state index contributed by atoms with van der Waals surface area (Å²) in [5, 5.41) is 0.494. The summed E-state index contributed by atoms with van der Waals surface area (Å²) < 4.78 is 27.3. The summed E-state index contributed by atoms with van der Waals surface area (Å²) in [6.45, 7) is 5.90. The molecule has 0 saturated carbocycles. The van der Waals surface area contributed by atoms with E-state index in [9.17, 15) is 8.42 Å². The number of aryl methyl sites for hydroxylation is 2. The third kappa shape index (κ3) is 3.24. The topological polar surface area (TPSA) is 37.4 Å². The number of hydrogen-bond acceptors (Lipinski definition) is 2. The molecule has 2 rings (SSSR count). The molecule has 0 aliphatic rings. The zero-order valence-corrected chi connectivity index (χ0v) is 14.9. The molecule has 118 valence electrons. The van der Waals surface area contributed by atoms with E-state index in [4.69, 9.17) is 23.2 Å². The SMILES string of the molecule is CCN(c1cc(C)ccc1C)S(=O)(=O)c1cc(Cl)ccc1Cl. The minimum absolute atomic E-state index is 0.0180. The Labute approximate surface area is 141 Å². The molecule has 0 saturated heterocycles. The van der Waals surface area contributed by atoms with Crippen molar-refractivity contribution in [3.05, 3.63) is 57.6 Å². The molecule has 0 radical (unpaired) electrons. The third-order valence-corrected chi connectivity index (χ3v) is 5.99. The van der Waals surface area contributed by atoms with Crippen LogP contribution in [0.2, 0.25) is 10.0 Å². The van der Waals surface area contributed by atoms with Crippen LogP contribution in [0.15, 0.2) is 41.3 Å². The molecule has 2 aromatic rings. The number of halogens is 2. The second kappa shape index (κ2) is 6.49. The van der Waals surface area contributed by atoms with Crippen LogP contribution in [0.1, 0.15) is 18.1 Å². The van der Waals surface area contributed by atoms with Crippen molar-refractivity contribution in [1.82, 2.24) is 0 Å². The van der Waals surface area contributed by atoms with Gasteiger partial charge >= 0.3 is 0 Å². The monoisotopic (exact) mass is 357 g/mol. The van der Waals surface area contributed by atoms with Gasteiger partial charge in [0.15, 0.2) is 0 Å². The largest absolute Gasteiger partial charge is 0.266 e. The van der Waals surface area contributed by atoms with Gasteiger partial charge in [-0.25, -0.2) is 8.42 Å². The van der Waals surface area contributed by atoms with Gasteiger partial charge in [-0.2, -0.15) is 0 Å². The molecule has 22 heavy (non-hydrogen) atoms. The highest BCUT2D eigenvalue weighted by molar-refractivity contribution is 7.93. The highest BCUT2D eigenvalue weighted by atomic mass is 35.5. The van der Waals surface area contributed by atoms with E-state index in [0.29, 0.717) is 17.3 Å². The van der Waals surface area contributed by atoms with Crippen LogP contribution in [0.25, 0.3) is 0 Å². The number of anilines is 1. The average Bonchev–Trinajstić information content (AvgIpc) is 2.45. The fourth-order valence-electron chi connectivity index (χ4n) is 2.25. The Kier molecular flexibility index (Phi) is 5.05. The lowest BCUT2D eigenvalue weighted by molar-refractivity contribution is 0.592. The molecule has 0 N–H and O–H groups in total. The summed E-state index contributed by atoms with van der Waals surface area (Å²) in [5.41, 5.74) is 2.53. The van der Waals surface area contributed by atoms with Gasteiger partial charge in [0.2, 0.25) is 0 Å². The maximum atomic E-state index is 13.0. The van der Waals surface area contributed by atoms with E-state index in [1.54, 1.807) is 13.0 Å². The van der Waals surface area contributed by atoms with Crippen LogP contribution in [0.4, 0.5) is 5.69 Å². The third-order valence-electron chi connectivity index (χ3n) is 3.38. The molecule has 0 bridgehead atoms. The van der Waals surface area contributed by atoms with Crippen molar-refractivity contribution >= 4 is 38.9 Å². The Morgan fingerprint density at radius 1 is 1.05 bits per heavy atom. The van der Waals surface area contributed by atoms with Gasteiger partial charge in [0.1, 0.15) is 4.90 Å². The van der Waals surface area contributed by atoms with Crippen LogP contribution >= 0.6 is 23.2 Å². The van der Waals surface area contributed by atoms with Crippen LogP contribution in [0.5, 0.6) is 0 Å². The number of nitrogens with zero attached hydrogens (tertiary/aromatic N) is 1. The minimum atomic E-state index is -3.78. The highest BCUT2D eigenvalue weighted by Crippen LogP contribution is 2.32. The number of benzene rings is 2. The van der Waals surface area contributed by atoms with E-state index in [2.05, 4.69) is 0 Å². The van der Waals surface area contributed by atoms with Gasteiger partial charge in [0.25, 0.3) is 10.0 Å². The molecule has 0 aliphatic heterocycles. The highest BCUT2D eigenvalue weighted by Gasteiger charge is 2.27. The van der Waals surface area contributed by atoms with Crippen LogP contribution in [0, 0.1) is 13.8 Å². The molecular weight excluding hydrogens is 341 g/mol. The van der Waals surface area contributed by atoms with Gasteiger partial charge in [-0.3, -0.25) is 4.31 Å². The summed E-state index contributed by atoms with van der Waals surface area (Å²) in [5.74, 6) is 0. The summed E-state index contributed by atoms with van der Waals surface area (Å²) >= 11 is 12.0. The maximum Gasteiger partial charge on any atom is 0.265 e. The first kappa shape index (κ1) is 17.1. The standard InChI is InChI=1S/C16H17Cl2NO2S/c1-4-19(15-9-11(2)5-6-12(15)3)22(20,21)16-10-13(17)7-8-14(16)18/h5-10H,4H2,1-3H3. The average molecular weight is 358 g/mol. The van der Waals surface area contributed by atoms with Crippen LogP contribution in [0.3, 0.4) is 0 Å². The predicted molar refractivity (Wildman–Crippen MR) is 92.6 cm³/mol. The summed E-state index contributed by atoms with van der Waals surface area (Å²) in [7, 11) is -3.78. The van der Waals surface area contributed by atoms with E-state index in [0.717, 1.165) is 11.1 Å². The molecule has 0 aliphatic carbocycles. The fourth-order valence-corrected chi connectivity index (χ4v) is 4.52. The zero-order valence-electron chi connectivity index (χ0n) is 12.6. The van der Waals surface area contributed by atoms with E-state index in [-0.39, 0.29) is 9.92 Å². The molecule has 0 heterocycles. The molecule has 0 fully saturated rings. The van der Waals surface area contributed by atoms with Crippen molar-refractivity contribution in [2.75, 3.05) is 10.8 Å². The molecular formula is C16H17Cl2NO2S. The second-order valence-electron chi connectivity index (χ2n) is 5.03. The first-order valence-electron chi connectivity index (χ1n) is 6.82. The van der Waals surface area contributed by atoms with Crippen molar-refractivity contribution in [3.8, 4) is 0 Å². The van der Waals surface area contributed by atoms with Gasteiger partial charge < -0.3 is 0 Å². The van der Waals surface area contributed by atoms with Crippen molar-refractivity contribution < 1.29 is 8.42 Å². The fraction of sp³-hybridized carbons (Fsp3) is 0.250. The van der Waals surface area contributed by atoms with Crippen LogP contribution in [-0.2, 0) is 10.0 Å². The van der Waals surface area contributed by atoms with Crippen molar-refractivity contribution in [2.45, 2.75) is 25.7 Å². The van der Waals surface area contributed by atoms with Crippen LogP contribution in [-0.4, -0.2) is 15.0 Å². The quantitative estimate of drug-likeness (QED) is 0.785. The minimum Gasteiger partial charge on any atom is -0.266 e. The molecule has 0 atom stereocenters. The summed E-state index contributed by atoms with van der Waals surface area (Å²) in [4.78, 5) is 0.0180. The molecule has 0 amide bonds. The lowest BCUT2D eigenvalue weighted by Gasteiger charge is -2.25. The second-order valence-corrected chi connectivity index (χ2v) is 7.71. The van der Waals surface area contributed by atoms with E-state index >= 15 is 0 Å². The van der Waals surface area contributed by atoms with Crippen molar-refractivity contribution in [3.63, 3.8) is 0 Å². The molecule has 0 spiro atoms. The Morgan fingerprint density at radius 2 is 1.73 bits per heavy atom. The lowest BCUT2D eigenvalue weighted by Crippen LogP contribution is -2.31. The Hall–Kier alpha value is -1.23. The van der Waals surface area contributed by atoms with E-state index in [1.807, 2.05) is 32.0 Å². The summed E-state index contributed by atoms with van der Waals surface area (Å²) in [6.07, 6.45) is 0. The van der Waals surface area contributed by atoms with Gasteiger partial charge in [-0.05, 0) is 56.2 Å². The lowest BCUT2D eigenvalue weighted by atomic mass is 10.1. The molecule has 6 heteroatoms. The Morgan fingerprint density at radius 3 is 2.36 bits per heavy atom. The van der Waals surface area contributed by atoms with Gasteiger partial charge in [-0.15, -0.1) is 0 Å². The normalized spacial score (nSPS) is 11.5. The molecule has 3 nitrogen and oxygen atoms in total. The van der Waals surface area contributed by atoms with Gasteiger partial charge in [0, 0.05) is 11.6 Å². The Bertz CT molecular complexity index is 804. The molecule has 2 aromatic carbocycles. The number of rotatable bonds is 4. The van der Waals surface area contributed by atoms with E-state index < -0.39 is 10.0 Å². The summed E-state index contributed by atoms with van der Waals surface area (Å²) in [6, 6.07) is 10.2. The van der Waals surface area contributed by atoms with Crippen molar-refractivity contribution in [2.24, 2.45) is 0 Å².